The number of anilines is 2. The molecule has 6 aromatic carbocycles. The van der Waals surface area contributed by atoms with Gasteiger partial charge in [0.1, 0.15) is 0 Å². The summed E-state index contributed by atoms with van der Waals surface area (Å²) in [5, 5.41) is 0. The monoisotopic (exact) mass is 1130 g/mol. The average Bonchev–Trinajstić information content (AvgIpc) is 3.47. The molecular weight excluding hydrogens is 1070 g/mol. The van der Waals surface area contributed by atoms with Gasteiger partial charge in [-0.15, -0.1) is 0 Å². The van der Waals surface area contributed by atoms with Crippen LogP contribution in [0.25, 0.3) is 0 Å². The van der Waals surface area contributed by atoms with Gasteiger partial charge >= 0.3 is 11.9 Å². The van der Waals surface area contributed by atoms with Crippen LogP contribution in [0.4, 0.5) is 11.4 Å². The van der Waals surface area contributed by atoms with Gasteiger partial charge in [0.25, 0.3) is 40.1 Å². The zero-order valence-electron chi connectivity index (χ0n) is 44.0. The lowest BCUT2D eigenvalue weighted by molar-refractivity contribution is -0.139. The van der Waals surface area contributed by atoms with Gasteiger partial charge in [-0.3, -0.25) is 17.2 Å². The molecule has 1 heterocycles. The van der Waals surface area contributed by atoms with Crippen LogP contribution in [0, 0.1) is 27.7 Å². The van der Waals surface area contributed by atoms with Crippen LogP contribution >= 0.6 is 0 Å². The fraction of sp³-hybridized carbons (Fsp3) is 0.207. The van der Waals surface area contributed by atoms with Crippen molar-refractivity contribution in [3.8, 4) is 0 Å². The first kappa shape index (κ1) is 57.9. The molecule has 16 nitrogen and oxygen atoms in total. The highest BCUT2D eigenvalue weighted by molar-refractivity contribution is 7.93. The molecule has 0 unspecified atom stereocenters. The molecule has 0 amide bonds. The van der Waals surface area contributed by atoms with Crippen LogP contribution in [-0.4, -0.2) is 80.5 Å². The Morgan fingerprint density at radius 1 is 0.410 bits per heavy atom. The second-order valence-corrected chi connectivity index (χ2v) is 25.6. The summed E-state index contributed by atoms with van der Waals surface area (Å²) in [4.78, 5) is 27.1. The van der Waals surface area contributed by atoms with E-state index in [-0.39, 0.29) is 55.3 Å². The van der Waals surface area contributed by atoms with E-state index in [0.29, 0.717) is 0 Å². The number of fused-ring (bicyclic) bond motifs is 2. The summed E-state index contributed by atoms with van der Waals surface area (Å²) in [7, 11) is -19.1. The number of rotatable bonds is 14. The molecule has 0 N–H and O–H groups in total. The molecule has 0 saturated carbocycles. The molecule has 78 heavy (non-hydrogen) atoms. The summed E-state index contributed by atoms with van der Waals surface area (Å²) < 4.78 is 138. The van der Waals surface area contributed by atoms with Gasteiger partial charge < -0.3 is 9.47 Å². The van der Waals surface area contributed by atoms with Gasteiger partial charge in [-0.25, -0.2) is 43.3 Å². The predicted molar refractivity (Wildman–Crippen MR) is 300 cm³/mol. The Balaban J connectivity index is 1.66. The predicted octanol–water partition coefficient (Wildman–Crippen LogP) is 9.41. The zero-order chi connectivity index (χ0) is 56.7. The number of benzene rings is 6. The number of sulfonamides is 4. The Kier molecular flexibility index (Phi) is 17.7. The molecule has 0 bridgehead atoms. The molecule has 0 fully saturated rings. The SMILES string of the molecule is C=C(C(=O)OCC)C1=CCN(S(=O)(=O)c2ccc(C)cc2)c2ccccc2CN(S(=O)(=O)c2ccc(C)cc2)/C(C(=C)C(=O)OCC)=C\CN(S(=O)(=O)c2ccc(C)cc2)c2ccccc2CN1S(=O)(=O)c1ccc(C)cc1. The minimum Gasteiger partial charge on any atom is -0.462 e. The number of carbonyl (C=O) groups is 2. The number of nitrogens with zero attached hydrogens (tertiary/aromatic N) is 4. The van der Waals surface area contributed by atoms with Gasteiger partial charge in [-0.1, -0.05) is 120 Å². The van der Waals surface area contributed by atoms with Gasteiger partial charge in [0.15, 0.2) is 0 Å². The van der Waals surface area contributed by atoms with E-state index in [1.807, 2.05) is 0 Å². The number of ether oxygens (including phenoxy) is 2. The highest BCUT2D eigenvalue weighted by Gasteiger charge is 2.37. The maximum absolute atomic E-state index is 15.5. The smallest absolute Gasteiger partial charge is 0.339 e. The number of para-hydroxylation sites is 2. The van der Waals surface area contributed by atoms with E-state index in [0.717, 1.165) is 39.5 Å². The minimum absolute atomic E-state index is 0.0244. The van der Waals surface area contributed by atoms with Crippen molar-refractivity contribution >= 4 is 63.4 Å². The molecule has 0 radical (unpaired) electrons. The number of hydrogen-bond donors (Lipinski definition) is 0. The van der Waals surface area contributed by atoms with Crippen LogP contribution < -0.4 is 8.61 Å². The van der Waals surface area contributed by atoms with Crippen molar-refractivity contribution in [3.05, 3.63) is 227 Å². The molecule has 0 spiro atoms. The molecule has 6 aromatic rings. The standard InChI is InChI=1S/C58H60N4O12S4/c1-9-73-57(63)45(7)53-35-37-59(75(65,66)49-27-19-41(3)20-28-49)56-18-14-12-16-48(56)40-62(78(71,72)52-33-25-44(6)26-34-52)54(46(8)58(64)74-10-2)36-38-60(76(67,68)50-29-21-42(4)22-30-50)55-17-13-11-15-47(55)39-61(53)77(69,70)51-31-23-43(5)24-32-51/h11-36H,7-10,37-40H2,1-6H3/b53-35-,54-36?. The first-order chi connectivity index (χ1) is 36.9. The molecule has 1 aliphatic heterocycles. The Hall–Kier alpha value is -7.78. The van der Waals surface area contributed by atoms with E-state index >= 15 is 33.7 Å². The zero-order valence-corrected chi connectivity index (χ0v) is 47.3. The largest absolute Gasteiger partial charge is 0.462 e. The average molecular weight is 1130 g/mol. The van der Waals surface area contributed by atoms with Crippen LogP contribution in [0.1, 0.15) is 47.2 Å². The van der Waals surface area contributed by atoms with Gasteiger partial charge in [0, 0.05) is 0 Å². The highest BCUT2D eigenvalue weighted by Crippen LogP contribution is 2.37. The van der Waals surface area contributed by atoms with Crippen molar-refractivity contribution < 1.29 is 52.7 Å². The third-order valence-electron chi connectivity index (χ3n) is 12.7. The van der Waals surface area contributed by atoms with Crippen LogP contribution in [0.3, 0.4) is 0 Å². The Morgan fingerprint density at radius 2 is 0.667 bits per heavy atom. The van der Waals surface area contributed by atoms with Gasteiger partial charge in [0.05, 0.1) is 92.9 Å². The van der Waals surface area contributed by atoms with E-state index in [1.54, 1.807) is 88.4 Å². The van der Waals surface area contributed by atoms with Crippen molar-refractivity contribution in [2.24, 2.45) is 0 Å². The summed E-state index contributed by atoms with van der Waals surface area (Å²) in [5.74, 6) is -2.10. The second-order valence-electron chi connectivity index (χ2n) is 18.2. The van der Waals surface area contributed by atoms with Gasteiger partial charge in [-0.2, -0.15) is 0 Å². The van der Waals surface area contributed by atoms with Crippen molar-refractivity contribution in [2.45, 2.75) is 74.2 Å². The maximum Gasteiger partial charge on any atom is 0.339 e. The topological polar surface area (TPSA) is 202 Å². The van der Waals surface area contributed by atoms with E-state index < -0.39 is 101 Å². The molecule has 0 aromatic heterocycles. The number of aryl methyl sites for hydroxylation is 4. The maximum atomic E-state index is 15.5. The van der Waals surface area contributed by atoms with Crippen LogP contribution in [0.5, 0.6) is 0 Å². The molecule has 0 aliphatic carbocycles. The lowest BCUT2D eigenvalue weighted by Crippen LogP contribution is -2.38. The van der Waals surface area contributed by atoms with Crippen molar-refractivity contribution in [1.82, 2.24) is 8.61 Å². The summed E-state index contributed by atoms with van der Waals surface area (Å²) in [5.41, 5.74) is 0.852. The van der Waals surface area contributed by atoms with Gasteiger partial charge in [-0.05, 0) is 125 Å². The number of esters is 2. The van der Waals surface area contributed by atoms with E-state index in [1.165, 1.54) is 111 Å². The molecule has 408 valence electrons. The van der Waals surface area contributed by atoms with Gasteiger partial charge in [0.2, 0.25) is 0 Å². The summed E-state index contributed by atoms with van der Waals surface area (Å²) in [6.45, 7) is 14.9. The second kappa shape index (κ2) is 23.9. The first-order valence-electron chi connectivity index (χ1n) is 24.6. The highest BCUT2D eigenvalue weighted by atomic mass is 32.2. The lowest BCUT2D eigenvalue weighted by atomic mass is 10.1. The third kappa shape index (κ3) is 12.3. The van der Waals surface area contributed by atoms with E-state index in [9.17, 15) is 9.59 Å². The van der Waals surface area contributed by atoms with Crippen LogP contribution in [-0.2, 0) is 72.2 Å². The number of hydrogen-bond acceptors (Lipinski definition) is 12. The molecule has 0 atom stereocenters. The van der Waals surface area contributed by atoms with E-state index in [2.05, 4.69) is 13.2 Å². The summed E-state index contributed by atoms with van der Waals surface area (Å²) >= 11 is 0. The quantitative estimate of drug-likeness (QED) is 0.0740. The Bertz CT molecular complexity index is 3540. The van der Waals surface area contributed by atoms with Crippen molar-refractivity contribution in [3.63, 3.8) is 0 Å². The first-order valence-corrected chi connectivity index (χ1v) is 30.4. The van der Waals surface area contributed by atoms with E-state index in [4.69, 9.17) is 9.47 Å². The number of carbonyl (C=O) groups excluding carboxylic acids is 2. The van der Waals surface area contributed by atoms with Crippen LogP contribution in [0.15, 0.2) is 213 Å². The normalized spacial score (nSPS) is 14.7. The molecule has 0 saturated heterocycles. The lowest BCUT2D eigenvalue weighted by Gasteiger charge is -2.34. The minimum atomic E-state index is -4.84. The third-order valence-corrected chi connectivity index (χ3v) is 19.8. The molecule has 1 aliphatic rings. The van der Waals surface area contributed by atoms with Crippen LogP contribution in [0.2, 0.25) is 0 Å². The Morgan fingerprint density at radius 3 is 0.936 bits per heavy atom. The summed E-state index contributed by atoms with van der Waals surface area (Å²) in [6, 6.07) is 35.5. The molecular formula is C58H60N4O12S4. The molecule has 7 rings (SSSR count). The fourth-order valence-electron chi connectivity index (χ4n) is 8.42. The Labute approximate surface area is 458 Å². The van der Waals surface area contributed by atoms with Crippen molar-refractivity contribution in [2.75, 3.05) is 34.9 Å². The summed E-state index contributed by atoms with van der Waals surface area (Å²) in [6.07, 6.45) is 2.38. The fourth-order valence-corrected chi connectivity index (χ4v) is 14.3. The molecule has 20 heteroatoms. The van der Waals surface area contributed by atoms with Crippen molar-refractivity contribution in [1.29, 1.82) is 0 Å².